The van der Waals surface area contributed by atoms with E-state index in [-0.39, 0.29) is 5.91 Å². The SMILES string of the molecule is CCc1[nH]nc(C(=O)N2CC=C(C)CC2)c1N. The predicted octanol–water partition coefficient (Wildman–Crippen LogP) is 1.35. The molecule has 0 saturated carbocycles. The number of aromatic amines is 1. The van der Waals surface area contributed by atoms with Gasteiger partial charge in [0.2, 0.25) is 0 Å². The molecule has 2 rings (SSSR count). The van der Waals surface area contributed by atoms with E-state index in [1.54, 1.807) is 4.90 Å². The Morgan fingerprint density at radius 1 is 1.65 bits per heavy atom. The number of nitrogens with two attached hydrogens (primary N) is 1. The molecule has 3 N–H and O–H groups in total. The van der Waals surface area contributed by atoms with Crippen LogP contribution >= 0.6 is 0 Å². The molecular weight excluding hydrogens is 216 g/mol. The molecular formula is C12H18N4O. The van der Waals surface area contributed by atoms with Gasteiger partial charge in [0.15, 0.2) is 5.69 Å². The number of aryl methyl sites for hydroxylation is 1. The Labute approximate surface area is 101 Å². The number of nitrogens with one attached hydrogen (secondary N) is 1. The molecule has 1 aromatic rings. The Balaban J connectivity index is 2.17. The van der Waals surface area contributed by atoms with Crippen LogP contribution in [0, 0.1) is 0 Å². The van der Waals surface area contributed by atoms with Gasteiger partial charge < -0.3 is 10.6 Å². The molecule has 2 heterocycles. The second-order valence-corrected chi connectivity index (χ2v) is 4.37. The Bertz CT molecular complexity index is 461. The van der Waals surface area contributed by atoms with Gasteiger partial charge in [0.1, 0.15) is 0 Å². The van der Waals surface area contributed by atoms with Crippen LogP contribution in [-0.2, 0) is 6.42 Å². The average Bonchev–Trinajstić information content (AvgIpc) is 2.70. The van der Waals surface area contributed by atoms with Crippen molar-refractivity contribution in [2.45, 2.75) is 26.7 Å². The molecule has 1 amide bonds. The maximum Gasteiger partial charge on any atom is 0.276 e. The van der Waals surface area contributed by atoms with Crippen LogP contribution in [0.5, 0.6) is 0 Å². The molecule has 0 atom stereocenters. The predicted molar refractivity (Wildman–Crippen MR) is 66.7 cm³/mol. The molecule has 0 fully saturated rings. The molecule has 0 aliphatic carbocycles. The highest BCUT2D eigenvalue weighted by Gasteiger charge is 2.23. The van der Waals surface area contributed by atoms with Crippen molar-refractivity contribution < 1.29 is 4.79 Å². The second-order valence-electron chi connectivity index (χ2n) is 4.37. The van der Waals surface area contributed by atoms with E-state index in [0.717, 1.165) is 25.1 Å². The summed E-state index contributed by atoms with van der Waals surface area (Å²) in [5.74, 6) is -0.0813. The third-order valence-electron chi connectivity index (χ3n) is 3.16. The molecule has 0 aromatic carbocycles. The maximum absolute atomic E-state index is 12.2. The Hall–Kier alpha value is -1.78. The van der Waals surface area contributed by atoms with Gasteiger partial charge in [0.25, 0.3) is 5.91 Å². The number of nitrogen functional groups attached to an aromatic ring is 1. The molecule has 1 aromatic heterocycles. The number of nitrogens with zero attached hydrogens (tertiary/aromatic N) is 2. The first kappa shape index (κ1) is 11.7. The Morgan fingerprint density at radius 3 is 2.94 bits per heavy atom. The average molecular weight is 234 g/mol. The van der Waals surface area contributed by atoms with Gasteiger partial charge in [-0.1, -0.05) is 18.6 Å². The standard InChI is InChI=1S/C12H18N4O/c1-3-9-10(13)11(15-14-9)12(17)16-6-4-8(2)5-7-16/h4H,3,5-7,13H2,1-2H3,(H,14,15). The smallest absolute Gasteiger partial charge is 0.276 e. The fourth-order valence-electron chi connectivity index (χ4n) is 1.92. The van der Waals surface area contributed by atoms with Crippen molar-refractivity contribution in [1.29, 1.82) is 0 Å². The van der Waals surface area contributed by atoms with Crippen LogP contribution in [0.15, 0.2) is 11.6 Å². The lowest BCUT2D eigenvalue weighted by Gasteiger charge is -2.24. The van der Waals surface area contributed by atoms with Crippen molar-refractivity contribution in [2.75, 3.05) is 18.8 Å². The molecule has 5 heteroatoms. The molecule has 92 valence electrons. The van der Waals surface area contributed by atoms with Gasteiger partial charge in [-0.25, -0.2) is 0 Å². The highest BCUT2D eigenvalue weighted by Crippen LogP contribution is 2.18. The zero-order valence-corrected chi connectivity index (χ0v) is 10.3. The van der Waals surface area contributed by atoms with Crippen molar-refractivity contribution in [3.05, 3.63) is 23.0 Å². The number of anilines is 1. The molecule has 0 bridgehead atoms. The number of hydrogen-bond acceptors (Lipinski definition) is 3. The number of aromatic nitrogens is 2. The molecule has 0 spiro atoms. The maximum atomic E-state index is 12.2. The van der Waals surface area contributed by atoms with Gasteiger partial charge in [-0.2, -0.15) is 5.10 Å². The number of H-pyrrole nitrogens is 1. The Kier molecular flexibility index (Phi) is 3.17. The summed E-state index contributed by atoms with van der Waals surface area (Å²) >= 11 is 0. The third kappa shape index (κ3) is 2.18. The minimum absolute atomic E-state index is 0.0813. The van der Waals surface area contributed by atoms with E-state index in [2.05, 4.69) is 23.2 Å². The highest BCUT2D eigenvalue weighted by atomic mass is 16.2. The van der Waals surface area contributed by atoms with Crippen molar-refractivity contribution in [3.63, 3.8) is 0 Å². The van der Waals surface area contributed by atoms with Gasteiger partial charge in [-0.05, 0) is 19.8 Å². The first-order valence-corrected chi connectivity index (χ1v) is 5.91. The number of carbonyl (C=O) groups excluding carboxylic acids is 1. The number of amides is 1. The van der Waals surface area contributed by atoms with Crippen LogP contribution < -0.4 is 5.73 Å². The molecule has 0 unspecified atom stereocenters. The molecule has 1 aliphatic rings. The number of rotatable bonds is 2. The monoisotopic (exact) mass is 234 g/mol. The van der Waals surface area contributed by atoms with E-state index in [9.17, 15) is 4.79 Å². The van der Waals surface area contributed by atoms with E-state index in [4.69, 9.17) is 5.73 Å². The van der Waals surface area contributed by atoms with Crippen molar-refractivity contribution in [3.8, 4) is 0 Å². The van der Waals surface area contributed by atoms with Crippen LogP contribution in [0.2, 0.25) is 0 Å². The van der Waals surface area contributed by atoms with E-state index in [1.807, 2.05) is 6.92 Å². The summed E-state index contributed by atoms with van der Waals surface area (Å²) in [6.07, 6.45) is 3.76. The molecule has 1 aliphatic heterocycles. The van der Waals surface area contributed by atoms with Crippen LogP contribution in [0.4, 0.5) is 5.69 Å². The van der Waals surface area contributed by atoms with E-state index in [0.29, 0.717) is 17.9 Å². The summed E-state index contributed by atoms with van der Waals surface area (Å²) in [5.41, 5.74) is 8.90. The lowest BCUT2D eigenvalue weighted by Crippen LogP contribution is -2.35. The fraction of sp³-hybridized carbons (Fsp3) is 0.500. The van der Waals surface area contributed by atoms with Gasteiger partial charge in [0, 0.05) is 13.1 Å². The summed E-state index contributed by atoms with van der Waals surface area (Å²) in [6, 6.07) is 0. The molecule has 17 heavy (non-hydrogen) atoms. The second kappa shape index (κ2) is 4.61. The first-order chi connectivity index (χ1) is 8.13. The van der Waals surface area contributed by atoms with E-state index in [1.165, 1.54) is 5.57 Å². The van der Waals surface area contributed by atoms with Gasteiger partial charge in [0.05, 0.1) is 11.4 Å². The highest BCUT2D eigenvalue weighted by molar-refractivity contribution is 5.97. The van der Waals surface area contributed by atoms with E-state index < -0.39 is 0 Å². The van der Waals surface area contributed by atoms with Crippen LogP contribution in [-0.4, -0.2) is 34.1 Å². The van der Waals surface area contributed by atoms with Crippen molar-refractivity contribution in [2.24, 2.45) is 0 Å². The summed E-state index contributed by atoms with van der Waals surface area (Å²) in [7, 11) is 0. The number of carbonyl (C=O) groups is 1. The van der Waals surface area contributed by atoms with Gasteiger partial charge in [-0.15, -0.1) is 0 Å². The third-order valence-corrected chi connectivity index (χ3v) is 3.16. The summed E-state index contributed by atoms with van der Waals surface area (Å²) in [6.45, 7) is 5.46. The largest absolute Gasteiger partial charge is 0.395 e. The molecule has 0 radical (unpaired) electrons. The quantitative estimate of drug-likeness (QED) is 0.758. The van der Waals surface area contributed by atoms with Crippen LogP contribution in [0.25, 0.3) is 0 Å². The van der Waals surface area contributed by atoms with Gasteiger partial charge >= 0.3 is 0 Å². The van der Waals surface area contributed by atoms with E-state index >= 15 is 0 Å². The Morgan fingerprint density at radius 2 is 2.41 bits per heavy atom. The zero-order valence-electron chi connectivity index (χ0n) is 10.3. The van der Waals surface area contributed by atoms with Crippen molar-refractivity contribution in [1.82, 2.24) is 15.1 Å². The fourth-order valence-corrected chi connectivity index (χ4v) is 1.92. The minimum atomic E-state index is -0.0813. The normalized spacial score (nSPS) is 15.9. The minimum Gasteiger partial charge on any atom is -0.395 e. The summed E-state index contributed by atoms with van der Waals surface area (Å²) in [5, 5.41) is 6.83. The lowest BCUT2D eigenvalue weighted by molar-refractivity contribution is 0.0764. The summed E-state index contributed by atoms with van der Waals surface area (Å²) < 4.78 is 0. The van der Waals surface area contributed by atoms with Crippen molar-refractivity contribution >= 4 is 11.6 Å². The molecule has 5 nitrogen and oxygen atoms in total. The zero-order chi connectivity index (χ0) is 12.4. The topological polar surface area (TPSA) is 75.0 Å². The summed E-state index contributed by atoms with van der Waals surface area (Å²) in [4.78, 5) is 14.0. The van der Waals surface area contributed by atoms with Crippen LogP contribution in [0.1, 0.15) is 36.5 Å². The number of hydrogen-bond donors (Lipinski definition) is 2. The first-order valence-electron chi connectivity index (χ1n) is 5.91. The lowest BCUT2D eigenvalue weighted by atomic mass is 10.1. The molecule has 0 saturated heterocycles. The van der Waals surface area contributed by atoms with Crippen LogP contribution in [0.3, 0.4) is 0 Å². The van der Waals surface area contributed by atoms with Gasteiger partial charge in [-0.3, -0.25) is 9.89 Å².